The van der Waals surface area contributed by atoms with Gasteiger partial charge in [0.15, 0.2) is 0 Å². The number of aromatic amines is 1. The minimum absolute atomic E-state index is 0.112. The van der Waals surface area contributed by atoms with Gasteiger partial charge in [-0.3, -0.25) is 19.1 Å². The second-order valence-electron chi connectivity index (χ2n) is 8.24. The van der Waals surface area contributed by atoms with E-state index in [1.54, 1.807) is 13.8 Å². The molecule has 0 bridgehead atoms. The smallest absolute Gasteiger partial charge is 0.331 e. The van der Waals surface area contributed by atoms with E-state index in [0.29, 0.717) is 4.57 Å². The molecule has 0 aliphatic rings. The van der Waals surface area contributed by atoms with Crippen LogP contribution in [-0.2, 0) is 36.3 Å². The van der Waals surface area contributed by atoms with E-state index in [2.05, 4.69) is 5.09 Å². The van der Waals surface area contributed by atoms with Crippen LogP contribution in [-0.4, -0.2) is 63.8 Å². The van der Waals surface area contributed by atoms with Gasteiger partial charge in [-0.15, -0.1) is 6.42 Å². The average molecular weight is 574 g/mol. The van der Waals surface area contributed by atoms with Crippen molar-refractivity contribution in [3.8, 4) is 18.1 Å². The lowest BCUT2D eigenvalue weighted by Crippen LogP contribution is -2.56. The Balaban J connectivity index is 2.33. The minimum atomic E-state index is -3.65. The number of aromatic nitrogens is 2. The van der Waals surface area contributed by atoms with Crippen LogP contribution in [0, 0.1) is 18.2 Å². The molecular weight excluding hydrogens is 544 g/mol. The van der Waals surface area contributed by atoms with Gasteiger partial charge in [-0.2, -0.15) is 0 Å². The summed E-state index contributed by atoms with van der Waals surface area (Å²) in [4.78, 5) is 37.9. The van der Waals surface area contributed by atoms with Gasteiger partial charge in [0.05, 0.1) is 12.7 Å². The highest BCUT2D eigenvalue weighted by molar-refractivity contribution is 8.09. The Kier molecular flexibility index (Phi) is 10.9. The van der Waals surface area contributed by atoms with Crippen LogP contribution in [0.15, 0.2) is 46.1 Å². The lowest BCUT2D eigenvalue weighted by molar-refractivity contribution is -0.154. The fourth-order valence-corrected chi connectivity index (χ4v) is 5.47. The number of nitrogens with one attached hydrogen (secondary N) is 2. The van der Waals surface area contributed by atoms with Crippen LogP contribution in [0.25, 0.3) is 0 Å². The summed E-state index contributed by atoms with van der Waals surface area (Å²) < 4.78 is 35.9. The third-order valence-electron chi connectivity index (χ3n) is 4.98. The van der Waals surface area contributed by atoms with Crippen molar-refractivity contribution in [3.63, 3.8) is 0 Å². The molecule has 2 aromatic rings. The number of aliphatic hydroxyl groups is 2. The highest BCUT2D eigenvalue weighted by atomic mass is 32.5. The fraction of sp³-hybridized carbons (Fsp3) is 0.435. The molecule has 1 aromatic carbocycles. The summed E-state index contributed by atoms with van der Waals surface area (Å²) in [5.41, 5.74) is -4.51. The molecule has 3 unspecified atom stereocenters. The van der Waals surface area contributed by atoms with Gasteiger partial charge in [-0.1, -0.05) is 0 Å². The highest BCUT2D eigenvalue weighted by Gasteiger charge is 2.43. The lowest BCUT2D eigenvalue weighted by atomic mass is 10.0. The number of hydrogen-bond donors (Lipinski definition) is 4. The summed E-state index contributed by atoms with van der Waals surface area (Å²) in [6.07, 6.45) is 2.54. The van der Waals surface area contributed by atoms with E-state index in [9.17, 15) is 29.0 Å². The van der Waals surface area contributed by atoms with Crippen LogP contribution in [0.2, 0.25) is 0 Å². The number of methoxy groups -OCH3 is 1. The zero-order valence-electron chi connectivity index (χ0n) is 21.0. The number of terminal acetylenes is 1. The number of halogens is 1. The molecule has 0 spiro atoms. The molecule has 15 heteroatoms. The third kappa shape index (κ3) is 8.05. The van der Waals surface area contributed by atoms with Crippen LogP contribution in [0.3, 0.4) is 0 Å². The zero-order valence-corrected chi connectivity index (χ0v) is 22.7. The molecule has 0 aliphatic heterocycles. The molecule has 1 heterocycles. The zero-order chi connectivity index (χ0) is 28.7. The molecule has 0 radical (unpaired) electrons. The van der Waals surface area contributed by atoms with Gasteiger partial charge >= 0.3 is 18.3 Å². The van der Waals surface area contributed by atoms with Gasteiger partial charge in [0, 0.05) is 19.4 Å². The average Bonchev–Trinajstić information content (AvgIpc) is 2.84. The van der Waals surface area contributed by atoms with E-state index in [1.165, 1.54) is 26.2 Å². The standard InChI is InChI=1S/C23H29FN3O9PS/c1-6-23(32,27-12-11-19(28)25-22(27)31)20(29)18(33-5)13-34-37(38,26-15(4)21(30)35-14(2)3)36-17-9-7-16(24)8-10-17/h1,7-12,14-15,18,20,29,32H,13H2,2-5H3,(H,26,38)(H,25,28,31)/t15?,18?,20-,23-,37?/m1/s1. The predicted molar refractivity (Wildman–Crippen MR) is 138 cm³/mol. The summed E-state index contributed by atoms with van der Waals surface area (Å²) in [6.45, 7) is 0.587. The van der Waals surface area contributed by atoms with Crippen molar-refractivity contribution in [2.45, 2.75) is 50.8 Å². The number of nitrogens with zero attached hydrogens (tertiary/aromatic N) is 1. The van der Waals surface area contributed by atoms with E-state index in [-0.39, 0.29) is 5.75 Å². The number of aliphatic hydroxyl groups excluding tert-OH is 1. The van der Waals surface area contributed by atoms with E-state index in [1.807, 2.05) is 10.9 Å². The molecular formula is C23H29FN3O9PS. The molecule has 0 saturated carbocycles. The van der Waals surface area contributed by atoms with Crippen molar-refractivity contribution in [1.82, 2.24) is 14.6 Å². The minimum Gasteiger partial charge on any atom is -0.462 e. The Bertz CT molecular complexity index is 1310. The number of carbonyl (C=O) groups is 1. The SMILES string of the molecule is C#C[C@@](O)([C@H](O)C(COP(=S)(NC(C)C(=O)OC(C)C)Oc1ccc(F)cc1)OC)n1ccc(=O)[nH]c1=O. The number of rotatable bonds is 13. The monoisotopic (exact) mass is 573 g/mol. The molecule has 2 rings (SSSR count). The van der Waals surface area contributed by atoms with E-state index < -0.39 is 66.4 Å². The molecule has 4 N–H and O–H groups in total. The first-order valence-electron chi connectivity index (χ1n) is 11.2. The molecule has 38 heavy (non-hydrogen) atoms. The van der Waals surface area contributed by atoms with E-state index in [4.69, 9.17) is 36.8 Å². The quantitative estimate of drug-likeness (QED) is 0.151. The van der Waals surface area contributed by atoms with Gasteiger partial charge in [0.2, 0.25) is 5.72 Å². The van der Waals surface area contributed by atoms with E-state index >= 15 is 0 Å². The van der Waals surface area contributed by atoms with Gasteiger partial charge in [0.1, 0.15) is 29.8 Å². The molecule has 1 aromatic heterocycles. The van der Waals surface area contributed by atoms with Gasteiger partial charge in [-0.25, -0.2) is 14.3 Å². The van der Waals surface area contributed by atoms with Crippen molar-refractivity contribution in [1.29, 1.82) is 0 Å². The maximum atomic E-state index is 13.4. The summed E-state index contributed by atoms with van der Waals surface area (Å²) in [7, 11) is 1.17. The summed E-state index contributed by atoms with van der Waals surface area (Å²) >= 11 is 5.55. The molecule has 0 amide bonds. The molecule has 12 nitrogen and oxygen atoms in total. The first kappa shape index (κ1) is 31.3. The predicted octanol–water partition coefficient (Wildman–Crippen LogP) is 0.580. The number of H-pyrrole nitrogens is 1. The molecule has 208 valence electrons. The Morgan fingerprint density at radius 3 is 2.45 bits per heavy atom. The van der Waals surface area contributed by atoms with Crippen LogP contribution in [0.4, 0.5) is 4.39 Å². The summed E-state index contributed by atoms with van der Waals surface area (Å²) in [6, 6.07) is 4.76. The first-order chi connectivity index (χ1) is 17.7. The second-order valence-corrected chi connectivity index (χ2v) is 11.4. The van der Waals surface area contributed by atoms with Crippen LogP contribution in [0.5, 0.6) is 5.75 Å². The van der Waals surface area contributed by atoms with Crippen molar-refractivity contribution >= 4 is 24.4 Å². The number of hydrogen-bond acceptors (Lipinski definition) is 10. The van der Waals surface area contributed by atoms with Crippen molar-refractivity contribution < 1.29 is 37.9 Å². The Morgan fingerprint density at radius 1 is 1.29 bits per heavy atom. The number of ether oxygens (including phenoxy) is 2. The molecule has 0 saturated heterocycles. The fourth-order valence-electron chi connectivity index (χ4n) is 3.05. The molecule has 0 fully saturated rings. The maximum absolute atomic E-state index is 13.4. The van der Waals surface area contributed by atoms with Crippen molar-refractivity contribution in [2.24, 2.45) is 0 Å². The van der Waals surface area contributed by atoms with Gasteiger partial charge < -0.3 is 28.7 Å². The lowest BCUT2D eigenvalue weighted by Gasteiger charge is -2.34. The normalized spacial score (nSPS) is 16.9. The largest absolute Gasteiger partial charge is 0.462 e. The highest BCUT2D eigenvalue weighted by Crippen LogP contribution is 2.46. The second kappa shape index (κ2) is 13.3. The number of esters is 1. The maximum Gasteiger partial charge on any atom is 0.331 e. The van der Waals surface area contributed by atoms with Crippen molar-refractivity contribution in [3.05, 3.63) is 63.2 Å². The van der Waals surface area contributed by atoms with Crippen LogP contribution < -0.4 is 20.9 Å². The van der Waals surface area contributed by atoms with Crippen LogP contribution >= 0.6 is 6.64 Å². The Labute approximate surface area is 222 Å². The summed E-state index contributed by atoms with van der Waals surface area (Å²) in [5.74, 6) is 0.864. The third-order valence-corrected chi connectivity index (χ3v) is 7.48. The van der Waals surface area contributed by atoms with Gasteiger partial charge in [0.25, 0.3) is 5.56 Å². The number of carbonyl (C=O) groups excluding carboxylic acids is 1. The molecule has 0 aliphatic carbocycles. The summed E-state index contributed by atoms with van der Waals surface area (Å²) in [5, 5.41) is 24.7. The Hall–Kier alpha value is -2.89. The molecule has 5 atom stereocenters. The van der Waals surface area contributed by atoms with Crippen molar-refractivity contribution in [2.75, 3.05) is 13.7 Å². The van der Waals surface area contributed by atoms with E-state index in [0.717, 1.165) is 24.4 Å². The number of benzene rings is 1. The van der Waals surface area contributed by atoms with Crippen LogP contribution in [0.1, 0.15) is 20.8 Å². The Morgan fingerprint density at radius 2 is 1.92 bits per heavy atom. The topological polar surface area (TPSA) is 161 Å². The van der Waals surface area contributed by atoms with Gasteiger partial charge in [-0.05, 0) is 62.8 Å². The first-order valence-corrected chi connectivity index (χ1v) is 13.8.